The van der Waals surface area contributed by atoms with Crippen molar-refractivity contribution in [1.29, 1.82) is 0 Å². The van der Waals surface area contributed by atoms with Gasteiger partial charge in [-0.05, 0) is 12.1 Å². The van der Waals surface area contributed by atoms with Crippen LogP contribution in [0.15, 0.2) is 18.2 Å². The number of methoxy groups -OCH3 is 1. The van der Waals surface area contributed by atoms with E-state index in [2.05, 4.69) is 27.4 Å². The maximum absolute atomic E-state index is 11.4. The fourth-order valence-electron chi connectivity index (χ4n) is 1.28. The first-order chi connectivity index (χ1) is 7.26. The highest BCUT2D eigenvalue weighted by atomic mass is 32.1. The summed E-state index contributed by atoms with van der Waals surface area (Å²) in [5.41, 5.74) is 0.970. The minimum atomic E-state index is -0.434. The number of rotatable bonds is 2. The van der Waals surface area contributed by atoms with Crippen LogP contribution in [0.25, 0.3) is 5.65 Å². The molecule has 2 aromatic heterocycles. The Morgan fingerprint density at radius 1 is 1.60 bits per heavy atom. The summed E-state index contributed by atoms with van der Waals surface area (Å²) in [6.07, 6.45) is 0. The monoisotopic (exact) mass is 223 g/mol. The van der Waals surface area contributed by atoms with E-state index in [1.54, 1.807) is 18.2 Å². The summed E-state index contributed by atoms with van der Waals surface area (Å²) in [5.74, 6) is 0.577. The molecule has 0 saturated carbocycles. The van der Waals surface area contributed by atoms with Crippen molar-refractivity contribution in [3.05, 3.63) is 29.7 Å². The first-order valence-electron chi connectivity index (χ1n) is 4.30. The number of hydrogen-bond donors (Lipinski definition) is 1. The topological polar surface area (TPSA) is 56.5 Å². The number of esters is 1. The molecule has 78 valence electrons. The van der Waals surface area contributed by atoms with E-state index in [-0.39, 0.29) is 0 Å². The van der Waals surface area contributed by atoms with E-state index in [1.165, 1.54) is 11.6 Å². The molecule has 0 amide bonds. The van der Waals surface area contributed by atoms with Gasteiger partial charge in [0.25, 0.3) is 0 Å². The molecule has 0 radical (unpaired) electrons. The van der Waals surface area contributed by atoms with Gasteiger partial charge in [0.2, 0.25) is 0 Å². The SMILES string of the molecule is COC(=O)c1cccc2nc(CS)nn12. The second-order valence-corrected chi connectivity index (χ2v) is 3.17. The van der Waals surface area contributed by atoms with Crippen molar-refractivity contribution in [2.75, 3.05) is 7.11 Å². The van der Waals surface area contributed by atoms with Gasteiger partial charge in [-0.15, -0.1) is 5.10 Å². The molecular formula is C9H9N3O2S. The van der Waals surface area contributed by atoms with Gasteiger partial charge in [0, 0.05) is 0 Å². The number of fused-ring (bicyclic) bond motifs is 1. The Bertz CT molecular complexity index is 509. The Kier molecular flexibility index (Phi) is 2.59. The summed E-state index contributed by atoms with van der Waals surface area (Å²) < 4.78 is 6.10. The summed E-state index contributed by atoms with van der Waals surface area (Å²) >= 11 is 4.08. The quantitative estimate of drug-likeness (QED) is 0.608. The molecule has 15 heavy (non-hydrogen) atoms. The lowest BCUT2D eigenvalue weighted by atomic mass is 10.3. The summed E-state index contributed by atoms with van der Waals surface area (Å²) in [5, 5.41) is 4.13. The van der Waals surface area contributed by atoms with Crippen LogP contribution in [0.2, 0.25) is 0 Å². The smallest absolute Gasteiger partial charge is 0.356 e. The molecule has 0 unspecified atom stereocenters. The Balaban J connectivity index is 2.64. The van der Waals surface area contributed by atoms with Gasteiger partial charge in [0.15, 0.2) is 17.2 Å². The van der Waals surface area contributed by atoms with E-state index in [1.807, 2.05) is 0 Å². The second-order valence-electron chi connectivity index (χ2n) is 2.86. The van der Waals surface area contributed by atoms with Gasteiger partial charge in [0.05, 0.1) is 12.9 Å². The molecular weight excluding hydrogens is 214 g/mol. The van der Waals surface area contributed by atoms with Crippen LogP contribution in [0, 0.1) is 0 Å². The average molecular weight is 223 g/mol. The number of nitrogens with zero attached hydrogens (tertiary/aromatic N) is 3. The predicted octanol–water partition coefficient (Wildman–Crippen LogP) is 0.946. The first-order valence-corrected chi connectivity index (χ1v) is 4.93. The molecule has 0 bridgehead atoms. The van der Waals surface area contributed by atoms with Gasteiger partial charge < -0.3 is 4.74 Å². The van der Waals surface area contributed by atoms with Crippen LogP contribution < -0.4 is 0 Å². The first kappa shape index (κ1) is 9.97. The molecule has 2 heterocycles. The van der Waals surface area contributed by atoms with Crippen LogP contribution in [0.4, 0.5) is 0 Å². The fourth-order valence-corrected chi connectivity index (χ4v) is 1.41. The van der Waals surface area contributed by atoms with Crippen LogP contribution in [0.5, 0.6) is 0 Å². The minimum Gasteiger partial charge on any atom is -0.464 e. The fraction of sp³-hybridized carbons (Fsp3) is 0.222. The zero-order valence-electron chi connectivity index (χ0n) is 8.04. The Labute approximate surface area is 91.5 Å². The second kappa shape index (κ2) is 3.90. The van der Waals surface area contributed by atoms with Crippen LogP contribution in [-0.2, 0) is 10.5 Å². The maximum atomic E-state index is 11.4. The minimum absolute atomic E-state index is 0.357. The zero-order chi connectivity index (χ0) is 10.8. The summed E-state index contributed by atoms with van der Waals surface area (Å²) in [7, 11) is 1.33. The van der Waals surface area contributed by atoms with E-state index in [0.717, 1.165) is 0 Å². The number of carbonyl (C=O) groups excluding carboxylic acids is 1. The van der Waals surface area contributed by atoms with Crippen molar-refractivity contribution in [3.63, 3.8) is 0 Å². The molecule has 0 atom stereocenters. The van der Waals surface area contributed by atoms with Crippen molar-refractivity contribution in [2.24, 2.45) is 0 Å². The lowest BCUT2D eigenvalue weighted by Gasteiger charge is -2.00. The molecule has 0 aliphatic heterocycles. The highest BCUT2D eigenvalue weighted by Crippen LogP contribution is 2.08. The Morgan fingerprint density at radius 3 is 3.07 bits per heavy atom. The van der Waals surface area contributed by atoms with Crippen molar-refractivity contribution in [1.82, 2.24) is 14.6 Å². The molecule has 0 saturated heterocycles. The number of thiol groups is 1. The summed E-state index contributed by atoms with van der Waals surface area (Å²) in [4.78, 5) is 15.6. The number of hydrogen-bond acceptors (Lipinski definition) is 5. The molecule has 0 fully saturated rings. The summed E-state index contributed by atoms with van der Waals surface area (Å²) in [6, 6.07) is 5.14. The van der Waals surface area contributed by atoms with Crippen LogP contribution in [-0.4, -0.2) is 27.7 Å². The third-order valence-corrected chi connectivity index (χ3v) is 2.22. The maximum Gasteiger partial charge on any atom is 0.356 e. The van der Waals surface area contributed by atoms with E-state index in [9.17, 15) is 4.79 Å². The Morgan fingerprint density at radius 2 is 2.40 bits per heavy atom. The van der Waals surface area contributed by atoms with Gasteiger partial charge in [-0.3, -0.25) is 0 Å². The van der Waals surface area contributed by atoms with Gasteiger partial charge in [0.1, 0.15) is 0 Å². The van der Waals surface area contributed by atoms with Crippen molar-refractivity contribution < 1.29 is 9.53 Å². The van der Waals surface area contributed by atoms with Crippen molar-refractivity contribution >= 4 is 24.2 Å². The molecule has 0 aliphatic carbocycles. The number of ether oxygens (including phenoxy) is 1. The number of aromatic nitrogens is 3. The zero-order valence-corrected chi connectivity index (χ0v) is 8.94. The lowest BCUT2D eigenvalue weighted by molar-refractivity contribution is 0.0591. The molecule has 0 N–H and O–H groups in total. The third-order valence-electron chi connectivity index (χ3n) is 1.94. The van der Waals surface area contributed by atoms with Crippen LogP contribution >= 0.6 is 12.6 Å². The molecule has 5 nitrogen and oxygen atoms in total. The molecule has 6 heteroatoms. The Hall–Kier alpha value is -1.56. The van der Waals surface area contributed by atoms with Crippen molar-refractivity contribution in [2.45, 2.75) is 5.75 Å². The number of pyridine rings is 1. The van der Waals surface area contributed by atoms with E-state index >= 15 is 0 Å². The van der Waals surface area contributed by atoms with Crippen LogP contribution in [0.1, 0.15) is 16.3 Å². The van der Waals surface area contributed by atoms with Gasteiger partial charge >= 0.3 is 5.97 Å². The van der Waals surface area contributed by atoms with Crippen LogP contribution in [0.3, 0.4) is 0 Å². The standard InChI is InChI=1S/C9H9N3O2S/c1-14-9(13)6-3-2-4-8-10-7(5-15)11-12(6)8/h2-4,15H,5H2,1H3. The molecule has 2 rings (SSSR count). The molecule has 0 aliphatic rings. The van der Waals surface area contributed by atoms with Crippen molar-refractivity contribution in [3.8, 4) is 0 Å². The van der Waals surface area contributed by atoms with E-state index < -0.39 is 5.97 Å². The number of carbonyl (C=O) groups is 1. The van der Waals surface area contributed by atoms with Gasteiger partial charge in [-0.2, -0.15) is 12.6 Å². The van der Waals surface area contributed by atoms with Gasteiger partial charge in [-0.25, -0.2) is 14.3 Å². The average Bonchev–Trinajstić information content (AvgIpc) is 2.70. The highest BCUT2D eigenvalue weighted by molar-refractivity contribution is 7.79. The van der Waals surface area contributed by atoms with Gasteiger partial charge in [-0.1, -0.05) is 6.07 Å². The molecule has 0 aromatic carbocycles. The molecule has 2 aromatic rings. The van der Waals surface area contributed by atoms with E-state index in [4.69, 9.17) is 0 Å². The molecule has 0 spiro atoms. The largest absolute Gasteiger partial charge is 0.464 e. The normalized spacial score (nSPS) is 10.5. The third kappa shape index (κ3) is 1.68. The predicted molar refractivity (Wildman–Crippen MR) is 57.0 cm³/mol. The lowest BCUT2D eigenvalue weighted by Crippen LogP contribution is -2.08. The van der Waals surface area contributed by atoms with E-state index in [0.29, 0.717) is 22.9 Å². The summed E-state index contributed by atoms with van der Waals surface area (Å²) in [6.45, 7) is 0. The highest BCUT2D eigenvalue weighted by Gasteiger charge is 2.12.